The van der Waals surface area contributed by atoms with Crippen molar-refractivity contribution in [2.45, 2.75) is 11.5 Å². The van der Waals surface area contributed by atoms with E-state index in [4.69, 9.17) is 9.15 Å². The van der Waals surface area contributed by atoms with Gasteiger partial charge in [0.05, 0.1) is 0 Å². The SMILES string of the molecule is O=C(c1ccc(COc2ccc(F)cc2)o1)N1CCN(S(=O)(=O)c2ccccc2F)CC1. The highest BCUT2D eigenvalue weighted by molar-refractivity contribution is 7.89. The van der Waals surface area contributed by atoms with Crippen LogP contribution in [-0.2, 0) is 16.6 Å². The van der Waals surface area contributed by atoms with Crippen LogP contribution in [0.5, 0.6) is 5.75 Å². The lowest BCUT2D eigenvalue weighted by molar-refractivity contribution is 0.0662. The molecule has 0 saturated carbocycles. The largest absolute Gasteiger partial charge is 0.486 e. The summed E-state index contributed by atoms with van der Waals surface area (Å²) < 4.78 is 64.5. The van der Waals surface area contributed by atoms with E-state index in [1.165, 1.54) is 57.7 Å². The van der Waals surface area contributed by atoms with Gasteiger partial charge in [-0.1, -0.05) is 12.1 Å². The summed E-state index contributed by atoms with van der Waals surface area (Å²) in [5, 5.41) is 0. The van der Waals surface area contributed by atoms with Gasteiger partial charge in [-0.15, -0.1) is 0 Å². The van der Waals surface area contributed by atoms with Gasteiger partial charge in [-0.25, -0.2) is 17.2 Å². The number of benzene rings is 2. The zero-order chi connectivity index (χ0) is 22.7. The number of sulfonamides is 1. The maximum atomic E-state index is 13.9. The Kier molecular flexibility index (Phi) is 6.24. The normalized spacial score (nSPS) is 15.0. The third-order valence-electron chi connectivity index (χ3n) is 5.05. The lowest BCUT2D eigenvalue weighted by Gasteiger charge is -2.33. The predicted molar refractivity (Wildman–Crippen MR) is 111 cm³/mol. The molecule has 1 saturated heterocycles. The van der Waals surface area contributed by atoms with Gasteiger partial charge in [0.15, 0.2) is 5.76 Å². The van der Waals surface area contributed by atoms with Gasteiger partial charge in [0, 0.05) is 26.2 Å². The van der Waals surface area contributed by atoms with Crippen molar-refractivity contribution in [1.82, 2.24) is 9.21 Å². The molecule has 1 fully saturated rings. The summed E-state index contributed by atoms with van der Waals surface area (Å²) in [7, 11) is -3.98. The summed E-state index contributed by atoms with van der Waals surface area (Å²) in [6, 6.07) is 13.9. The third-order valence-corrected chi connectivity index (χ3v) is 6.98. The first-order valence-electron chi connectivity index (χ1n) is 9.85. The Morgan fingerprint density at radius 3 is 2.31 bits per heavy atom. The van der Waals surface area contributed by atoms with E-state index in [2.05, 4.69) is 0 Å². The Morgan fingerprint density at radius 2 is 1.62 bits per heavy atom. The molecule has 0 N–H and O–H groups in total. The number of carbonyl (C=O) groups is 1. The molecule has 4 rings (SSSR count). The number of ether oxygens (including phenoxy) is 1. The molecule has 10 heteroatoms. The minimum Gasteiger partial charge on any atom is -0.486 e. The summed E-state index contributed by atoms with van der Waals surface area (Å²) in [6.07, 6.45) is 0. The average Bonchev–Trinajstić information content (AvgIpc) is 3.27. The van der Waals surface area contributed by atoms with Crippen molar-refractivity contribution < 1.29 is 31.1 Å². The standard InChI is InChI=1S/C22H20F2N2O5S/c23-16-5-7-17(8-6-16)30-15-18-9-10-20(31-18)22(27)25-11-13-26(14-12-25)32(28,29)21-4-2-1-3-19(21)24/h1-10H,11-15H2. The monoisotopic (exact) mass is 462 g/mol. The number of rotatable bonds is 6. The molecule has 1 aliphatic heterocycles. The maximum absolute atomic E-state index is 13.9. The summed E-state index contributed by atoms with van der Waals surface area (Å²) in [4.78, 5) is 13.8. The topological polar surface area (TPSA) is 80.1 Å². The van der Waals surface area contributed by atoms with Gasteiger partial charge in [0.2, 0.25) is 10.0 Å². The van der Waals surface area contributed by atoms with Gasteiger partial charge in [-0.05, 0) is 48.5 Å². The van der Waals surface area contributed by atoms with Crippen LogP contribution in [0.4, 0.5) is 8.78 Å². The highest BCUT2D eigenvalue weighted by Crippen LogP contribution is 2.22. The van der Waals surface area contributed by atoms with Crippen LogP contribution >= 0.6 is 0 Å². The fourth-order valence-electron chi connectivity index (χ4n) is 3.34. The highest BCUT2D eigenvalue weighted by Gasteiger charge is 2.32. The van der Waals surface area contributed by atoms with E-state index in [1.807, 2.05) is 0 Å². The Bertz CT molecular complexity index is 1200. The number of furan rings is 1. The van der Waals surface area contributed by atoms with Crippen LogP contribution in [0, 0.1) is 11.6 Å². The van der Waals surface area contributed by atoms with Gasteiger partial charge >= 0.3 is 0 Å². The van der Waals surface area contributed by atoms with Crippen LogP contribution in [0.1, 0.15) is 16.3 Å². The van der Waals surface area contributed by atoms with Crippen LogP contribution in [0.15, 0.2) is 70.0 Å². The molecule has 7 nitrogen and oxygen atoms in total. The molecule has 3 aromatic rings. The molecule has 1 amide bonds. The van der Waals surface area contributed by atoms with E-state index in [0.717, 1.165) is 6.07 Å². The van der Waals surface area contributed by atoms with Gasteiger partial charge < -0.3 is 14.1 Å². The number of nitrogens with zero attached hydrogens (tertiary/aromatic N) is 2. The number of halogens is 2. The number of carbonyl (C=O) groups excluding carboxylic acids is 1. The summed E-state index contributed by atoms with van der Waals surface area (Å²) >= 11 is 0. The van der Waals surface area contributed by atoms with Crippen molar-refractivity contribution in [3.05, 3.63) is 83.8 Å². The quantitative estimate of drug-likeness (QED) is 0.562. The minimum absolute atomic E-state index is 0.0453. The van der Waals surface area contributed by atoms with Crippen LogP contribution in [0.25, 0.3) is 0 Å². The van der Waals surface area contributed by atoms with Crippen LogP contribution < -0.4 is 4.74 Å². The Morgan fingerprint density at radius 1 is 0.938 bits per heavy atom. The average molecular weight is 462 g/mol. The number of hydrogen-bond donors (Lipinski definition) is 0. The van der Waals surface area contributed by atoms with Gasteiger partial charge in [-0.3, -0.25) is 4.79 Å². The molecule has 0 spiro atoms. The lowest BCUT2D eigenvalue weighted by Crippen LogP contribution is -2.50. The summed E-state index contributed by atoms with van der Waals surface area (Å²) in [5.74, 6) is -0.572. The van der Waals surface area contributed by atoms with E-state index < -0.39 is 15.8 Å². The third kappa shape index (κ3) is 4.66. The molecule has 0 unspecified atom stereocenters. The first-order valence-corrected chi connectivity index (χ1v) is 11.3. The molecular weight excluding hydrogens is 442 g/mol. The van der Waals surface area contributed by atoms with Gasteiger partial charge in [0.25, 0.3) is 5.91 Å². The van der Waals surface area contributed by atoms with Crippen LogP contribution in [0.2, 0.25) is 0 Å². The van der Waals surface area contributed by atoms with Crippen molar-refractivity contribution >= 4 is 15.9 Å². The van der Waals surface area contributed by atoms with Crippen molar-refractivity contribution in [3.63, 3.8) is 0 Å². The smallest absolute Gasteiger partial charge is 0.289 e. The minimum atomic E-state index is -3.98. The zero-order valence-corrected chi connectivity index (χ0v) is 17.7. The molecule has 32 heavy (non-hydrogen) atoms. The molecule has 0 bridgehead atoms. The number of amides is 1. The molecule has 1 aromatic heterocycles. The molecule has 2 heterocycles. The predicted octanol–water partition coefficient (Wildman–Crippen LogP) is 3.28. The molecule has 0 aliphatic carbocycles. The second kappa shape index (κ2) is 9.09. The molecular formula is C22H20F2N2O5S. The number of piperazine rings is 1. The zero-order valence-electron chi connectivity index (χ0n) is 16.9. The second-order valence-electron chi connectivity index (χ2n) is 7.14. The van der Waals surface area contributed by atoms with Crippen molar-refractivity contribution in [3.8, 4) is 5.75 Å². The van der Waals surface area contributed by atoms with E-state index in [9.17, 15) is 22.0 Å². The van der Waals surface area contributed by atoms with Crippen molar-refractivity contribution in [1.29, 1.82) is 0 Å². The summed E-state index contributed by atoms with van der Waals surface area (Å²) in [5.41, 5.74) is 0. The molecule has 1 aliphatic rings. The summed E-state index contributed by atoms with van der Waals surface area (Å²) in [6.45, 7) is 0.449. The highest BCUT2D eigenvalue weighted by atomic mass is 32.2. The van der Waals surface area contributed by atoms with Gasteiger partial charge in [0.1, 0.15) is 34.6 Å². The number of hydrogen-bond acceptors (Lipinski definition) is 5. The van der Waals surface area contributed by atoms with E-state index >= 15 is 0 Å². The molecule has 0 radical (unpaired) electrons. The van der Waals surface area contributed by atoms with Crippen molar-refractivity contribution in [2.24, 2.45) is 0 Å². The van der Waals surface area contributed by atoms with Crippen LogP contribution in [-0.4, -0.2) is 49.7 Å². The van der Waals surface area contributed by atoms with E-state index in [-0.39, 0.29) is 55.2 Å². The molecule has 0 atom stereocenters. The Hall–Kier alpha value is -3.24. The molecule has 168 valence electrons. The van der Waals surface area contributed by atoms with Crippen LogP contribution in [0.3, 0.4) is 0 Å². The first kappa shape index (κ1) is 22.0. The fourth-order valence-corrected chi connectivity index (χ4v) is 4.82. The Balaban J connectivity index is 1.34. The van der Waals surface area contributed by atoms with Crippen molar-refractivity contribution in [2.75, 3.05) is 26.2 Å². The van der Waals surface area contributed by atoms with Gasteiger partial charge in [-0.2, -0.15) is 4.31 Å². The molecule has 2 aromatic carbocycles. The van der Waals surface area contributed by atoms with E-state index in [0.29, 0.717) is 11.5 Å². The maximum Gasteiger partial charge on any atom is 0.289 e. The fraction of sp³-hybridized carbons (Fsp3) is 0.227. The lowest BCUT2D eigenvalue weighted by atomic mass is 10.3. The second-order valence-corrected chi connectivity index (χ2v) is 9.04. The Labute approximate surface area is 183 Å². The van der Waals surface area contributed by atoms with E-state index in [1.54, 1.807) is 6.07 Å². The first-order chi connectivity index (χ1) is 15.3.